The van der Waals surface area contributed by atoms with Crippen molar-refractivity contribution < 1.29 is 14.7 Å². The molecule has 1 aliphatic rings. The first kappa shape index (κ1) is 16.0. The normalized spacial score (nSPS) is 17.4. The molecule has 0 aliphatic carbocycles. The zero-order valence-corrected chi connectivity index (χ0v) is 14.2. The summed E-state index contributed by atoms with van der Waals surface area (Å²) in [6.07, 6.45) is 1.57. The number of pyridine rings is 1. The molecule has 1 unspecified atom stereocenters. The highest BCUT2D eigenvalue weighted by Crippen LogP contribution is 2.40. The van der Waals surface area contributed by atoms with Crippen molar-refractivity contribution in [3.05, 3.63) is 65.4 Å². The summed E-state index contributed by atoms with van der Waals surface area (Å²) < 4.78 is 0. The molecule has 0 saturated carbocycles. The molecule has 0 spiro atoms. The number of Topliss-reactive ketones (excluding diaryl/α,β-unsaturated/α-hetero) is 1. The minimum absolute atomic E-state index is 0.0535. The van der Waals surface area contributed by atoms with Crippen LogP contribution in [0.2, 0.25) is 0 Å². The standard InChI is InChI=1S/C19H16N4O3/c1-10-4-3-5-14(22-10)17-16(11(2)24)18(25)19(26)23(17)12-6-7-13-15(8-12)21-9-20-13/h3-9,17,25H,1-2H3,(H,20,21). The molecule has 7 heteroatoms. The molecule has 0 radical (unpaired) electrons. The van der Waals surface area contributed by atoms with E-state index in [9.17, 15) is 14.7 Å². The molecule has 2 N–H and O–H groups in total. The average molecular weight is 348 g/mol. The van der Waals surface area contributed by atoms with Crippen LogP contribution in [0.1, 0.15) is 24.4 Å². The van der Waals surface area contributed by atoms with Gasteiger partial charge in [0.05, 0.1) is 28.6 Å². The lowest BCUT2D eigenvalue weighted by atomic mass is 10.00. The van der Waals surface area contributed by atoms with Crippen LogP contribution in [0.15, 0.2) is 54.1 Å². The van der Waals surface area contributed by atoms with E-state index < -0.39 is 17.7 Å². The number of nitrogens with zero attached hydrogens (tertiary/aromatic N) is 3. The second-order valence-electron chi connectivity index (χ2n) is 6.20. The summed E-state index contributed by atoms with van der Waals surface area (Å²) in [5, 5.41) is 10.4. The van der Waals surface area contributed by atoms with Crippen molar-refractivity contribution in [2.24, 2.45) is 0 Å². The number of H-pyrrole nitrogens is 1. The number of aryl methyl sites for hydroxylation is 1. The zero-order valence-electron chi connectivity index (χ0n) is 14.2. The Morgan fingerprint density at radius 1 is 1.27 bits per heavy atom. The van der Waals surface area contributed by atoms with E-state index in [0.717, 1.165) is 16.7 Å². The predicted molar refractivity (Wildman–Crippen MR) is 95.6 cm³/mol. The highest BCUT2D eigenvalue weighted by Gasteiger charge is 2.44. The number of aromatic nitrogens is 3. The highest BCUT2D eigenvalue weighted by atomic mass is 16.3. The highest BCUT2D eigenvalue weighted by molar-refractivity contribution is 6.16. The fourth-order valence-electron chi connectivity index (χ4n) is 3.30. The van der Waals surface area contributed by atoms with Crippen LogP contribution in [-0.2, 0) is 9.59 Å². The lowest BCUT2D eigenvalue weighted by Crippen LogP contribution is -2.31. The van der Waals surface area contributed by atoms with Crippen LogP contribution in [0.3, 0.4) is 0 Å². The first-order valence-corrected chi connectivity index (χ1v) is 8.11. The molecular weight excluding hydrogens is 332 g/mol. The number of nitrogens with one attached hydrogen (secondary N) is 1. The second kappa shape index (κ2) is 5.80. The number of hydrogen-bond acceptors (Lipinski definition) is 5. The van der Waals surface area contributed by atoms with Crippen molar-refractivity contribution in [3.63, 3.8) is 0 Å². The third-order valence-electron chi connectivity index (χ3n) is 4.46. The number of benzene rings is 1. The smallest absolute Gasteiger partial charge is 0.294 e. The molecule has 1 atom stereocenters. The molecule has 0 fully saturated rings. The molecule has 26 heavy (non-hydrogen) atoms. The molecule has 1 amide bonds. The first-order chi connectivity index (χ1) is 12.5. The van der Waals surface area contributed by atoms with Gasteiger partial charge in [-0.1, -0.05) is 6.07 Å². The van der Waals surface area contributed by atoms with E-state index in [0.29, 0.717) is 11.4 Å². The van der Waals surface area contributed by atoms with E-state index >= 15 is 0 Å². The number of imidazole rings is 1. The summed E-state index contributed by atoms with van der Waals surface area (Å²) in [6.45, 7) is 3.17. The molecule has 3 aromatic rings. The summed E-state index contributed by atoms with van der Waals surface area (Å²) in [5.41, 5.74) is 3.39. The van der Waals surface area contributed by atoms with Gasteiger partial charge in [0.2, 0.25) is 0 Å². The lowest BCUT2D eigenvalue weighted by molar-refractivity contribution is -0.117. The number of aliphatic hydroxyl groups excluding tert-OH is 1. The molecule has 4 rings (SSSR count). The van der Waals surface area contributed by atoms with Gasteiger partial charge in [-0.05, 0) is 44.2 Å². The minimum Gasteiger partial charge on any atom is -0.503 e. The topological polar surface area (TPSA) is 99.2 Å². The number of carbonyl (C=O) groups is 2. The second-order valence-corrected chi connectivity index (χ2v) is 6.20. The number of carbonyl (C=O) groups excluding carboxylic acids is 2. The molecule has 2 aromatic heterocycles. The Labute approximate surface area is 149 Å². The quantitative estimate of drug-likeness (QED) is 0.758. The molecule has 3 heterocycles. The van der Waals surface area contributed by atoms with Gasteiger partial charge in [0.15, 0.2) is 11.5 Å². The predicted octanol–water partition coefficient (Wildman–Crippen LogP) is 2.76. The van der Waals surface area contributed by atoms with Gasteiger partial charge in [-0.15, -0.1) is 0 Å². The lowest BCUT2D eigenvalue weighted by Gasteiger charge is -2.26. The molecular formula is C19H16N4O3. The van der Waals surface area contributed by atoms with Crippen LogP contribution in [0.4, 0.5) is 5.69 Å². The zero-order chi connectivity index (χ0) is 18.4. The average Bonchev–Trinajstić information content (AvgIpc) is 3.17. The third-order valence-corrected chi connectivity index (χ3v) is 4.46. The van der Waals surface area contributed by atoms with Gasteiger partial charge >= 0.3 is 0 Å². The molecule has 130 valence electrons. The van der Waals surface area contributed by atoms with E-state index in [4.69, 9.17) is 0 Å². The van der Waals surface area contributed by atoms with E-state index in [2.05, 4.69) is 15.0 Å². The van der Waals surface area contributed by atoms with E-state index in [1.165, 1.54) is 11.8 Å². The molecule has 1 aromatic carbocycles. The summed E-state index contributed by atoms with van der Waals surface area (Å²) in [5.74, 6) is -1.52. The Morgan fingerprint density at radius 2 is 2.08 bits per heavy atom. The Hall–Kier alpha value is -3.48. The number of hydrogen-bond donors (Lipinski definition) is 2. The van der Waals surface area contributed by atoms with Crippen molar-refractivity contribution in [1.82, 2.24) is 15.0 Å². The Morgan fingerprint density at radius 3 is 2.81 bits per heavy atom. The van der Waals surface area contributed by atoms with Crippen LogP contribution in [0.25, 0.3) is 11.0 Å². The summed E-state index contributed by atoms with van der Waals surface area (Å²) in [7, 11) is 0. The summed E-state index contributed by atoms with van der Waals surface area (Å²) in [6, 6.07) is 9.88. The number of fused-ring (bicyclic) bond motifs is 1. The Balaban J connectivity index is 1.91. The monoisotopic (exact) mass is 348 g/mol. The van der Waals surface area contributed by atoms with Gasteiger partial charge in [-0.2, -0.15) is 0 Å². The van der Waals surface area contributed by atoms with Gasteiger partial charge in [0.25, 0.3) is 5.91 Å². The first-order valence-electron chi connectivity index (χ1n) is 8.11. The molecule has 0 saturated heterocycles. The van der Waals surface area contributed by atoms with Gasteiger partial charge in [-0.3, -0.25) is 19.5 Å². The minimum atomic E-state index is -0.778. The summed E-state index contributed by atoms with van der Waals surface area (Å²) in [4.78, 5) is 38.0. The van der Waals surface area contributed by atoms with Crippen molar-refractivity contribution in [2.45, 2.75) is 19.9 Å². The van der Waals surface area contributed by atoms with E-state index in [1.807, 2.05) is 19.1 Å². The maximum Gasteiger partial charge on any atom is 0.294 e. The maximum atomic E-state index is 12.8. The Bertz CT molecular complexity index is 1080. The number of amides is 1. The van der Waals surface area contributed by atoms with E-state index in [1.54, 1.807) is 30.6 Å². The molecule has 7 nitrogen and oxygen atoms in total. The molecule has 0 bridgehead atoms. The van der Waals surface area contributed by atoms with Gasteiger partial charge in [0.1, 0.15) is 6.04 Å². The van der Waals surface area contributed by atoms with E-state index in [-0.39, 0.29) is 11.4 Å². The van der Waals surface area contributed by atoms with Gasteiger partial charge < -0.3 is 10.1 Å². The van der Waals surface area contributed by atoms with Crippen LogP contribution in [0.5, 0.6) is 0 Å². The van der Waals surface area contributed by atoms with Gasteiger partial charge in [0, 0.05) is 11.4 Å². The van der Waals surface area contributed by atoms with Crippen molar-refractivity contribution in [3.8, 4) is 0 Å². The van der Waals surface area contributed by atoms with Crippen molar-refractivity contribution >= 4 is 28.4 Å². The van der Waals surface area contributed by atoms with Crippen LogP contribution >= 0.6 is 0 Å². The largest absolute Gasteiger partial charge is 0.503 e. The van der Waals surface area contributed by atoms with Crippen LogP contribution in [0, 0.1) is 6.92 Å². The number of ketones is 1. The van der Waals surface area contributed by atoms with Crippen molar-refractivity contribution in [2.75, 3.05) is 4.90 Å². The van der Waals surface area contributed by atoms with Crippen LogP contribution in [-0.4, -0.2) is 31.7 Å². The number of rotatable bonds is 3. The number of anilines is 1. The fourth-order valence-corrected chi connectivity index (χ4v) is 3.30. The number of aliphatic hydroxyl groups is 1. The fraction of sp³-hybridized carbons (Fsp3) is 0.158. The molecule has 1 aliphatic heterocycles. The number of aromatic amines is 1. The maximum absolute atomic E-state index is 12.8. The Kier molecular flexibility index (Phi) is 3.57. The SMILES string of the molecule is CC(=O)C1=C(O)C(=O)N(c2ccc3nc[nH]c3c2)C1c1cccc(C)n1. The van der Waals surface area contributed by atoms with Gasteiger partial charge in [-0.25, -0.2) is 4.98 Å². The van der Waals surface area contributed by atoms with Crippen molar-refractivity contribution in [1.29, 1.82) is 0 Å². The summed E-state index contributed by atoms with van der Waals surface area (Å²) >= 11 is 0. The third kappa shape index (κ3) is 2.36. The van der Waals surface area contributed by atoms with Crippen LogP contribution < -0.4 is 4.90 Å².